The summed E-state index contributed by atoms with van der Waals surface area (Å²) in [5, 5.41) is 0. The van der Waals surface area contributed by atoms with Crippen molar-refractivity contribution in [3.05, 3.63) is 0 Å². The fraction of sp³-hybridized carbons (Fsp3) is 1.00. The minimum atomic E-state index is -6.95. The molecule has 0 aliphatic rings. The summed E-state index contributed by atoms with van der Waals surface area (Å²) in [7, 11) is 0. The number of rotatable bonds is 7. The second kappa shape index (κ2) is 5.83. The van der Waals surface area contributed by atoms with Gasteiger partial charge in [0, 0.05) is 0 Å². The first-order valence-corrected chi connectivity index (χ1v) is 6.22. The molecule has 0 saturated carbocycles. The van der Waals surface area contributed by atoms with Crippen molar-refractivity contribution < 1.29 is 52.7 Å². The van der Waals surface area contributed by atoms with Crippen LogP contribution in [0.1, 0.15) is 6.42 Å². The van der Waals surface area contributed by atoms with E-state index in [0.29, 0.717) is 22.6 Å². The molecule has 0 fully saturated rings. The van der Waals surface area contributed by atoms with Crippen molar-refractivity contribution in [1.29, 1.82) is 0 Å². The lowest BCUT2D eigenvalue weighted by Gasteiger charge is -2.35. The van der Waals surface area contributed by atoms with Crippen LogP contribution in [0.2, 0.25) is 0 Å². The summed E-state index contributed by atoms with van der Waals surface area (Å²) in [6.07, 6.45) is -9.03. The van der Waals surface area contributed by atoms with Crippen molar-refractivity contribution in [2.75, 3.05) is 4.43 Å². The van der Waals surface area contributed by atoms with E-state index in [1.165, 1.54) is 0 Å². The zero-order valence-electron chi connectivity index (χ0n) is 9.41. The molecule has 0 N–H and O–H groups in total. The van der Waals surface area contributed by atoms with Gasteiger partial charge >= 0.3 is 36.0 Å². The molecule has 0 aromatic rings. The first kappa shape index (κ1) is 20.9. The van der Waals surface area contributed by atoms with Gasteiger partial charge in [-0.3, -0.25) is 0 Å². The maximum absolute atomic E-state index is 12.8. The molecule has 0 rings (SSSR count). The summed E-state index contributed by atoms with van der Waals surface area (Å²) in [5.41, 5.74) is 0. The molecule has 0 amide bonds. The lowest BCUT2D eigenvalue weighted by atomic mass is 9.96. The molecule has 0 saturated heterocycles. The Morgan fingerprint density at radius 3 is 1.33 bits per heavy atom. The van der Waals surface area contributed by atoms with Crippen molar-refractivity contribution in [2.24, 2.45) is 0 Å². The first-order valence-electron chi connectivity index (χ1n) is 4.69. The molecule has 0 heterocycles. The molecule has 0 aromatic heterocycles. The third-order valence-corrected chi connectivity index (χ3v) is 3.26. The van der Waals surface area contributed by atoms with E-state index in [1.807, 2.05) is 0 Å². The molecular formula is C8H5F12I. The molecule has 0 nitrogen and oxygen atoms in total. The van der Waals surface area contributed by atoms with Gasteiger partial charge in [-0.15, -0.1) is 0 Å². The Hall–Kier alpha value is -0.110. The summed E-state index contributed by atoms with van der Waals surface area (Å²) >= 11 is 0.624. The van der Waals surface area contributed by atoms with Crippen molar-refractivity contribution in [3.8, 4) is 0 Å². The topological polar surface area (TPSA) is 0 Å². The van der Waals surface area contributed by atoms with Crippen LogP contribution in [0.4, 0.5) is 52.7 Å². The van der Waals surface area contributed by atoms with E-state index in [9.17, 15) is 52.7 Å². The second-order valence-corrected chi connectivity index (χ2v) is 4.68. The van der Waals surface area contributed by atoms with Gasteiger partial charge < -0.3 is 0 Å². The predicted octanol–water partition coefficient (Wildman–Crippen LogP) is 5.25. The third kappa shape index (κ3) is 3.63. The third-order valence-electron chi connectivity index (χ3n) is 2.30. The monoisotopic (exact) mass is 456 g/mol. The van der Waals surface area contributed by atoms with E-state index < -0.39 is 46.9 Å². The van der Waals surface area contributed by atoms with Crippen molar-refractivity contribution in [3.63, 3.8) is 0 Å². The highest BCUT2D eigenvalue weighted by molar-refractivity contribution is 14.1. The van der Waals surface area contributed by atoms with Crippen LogP contribution in [0, 0.1) is 0 Å². The highest BCUT2D eigenvalue weighted by Crippen LogP contribution is 2.53. The van der Waals surface area contributed by atoms with Gasteiger partial charge in [0.2, 0.25) is 0 Å². The van der Waals surface area contributed by atoms with Gasteiger partial charge in [-0.05, 0) is 0 Å². The van der Waals surface area contributed by atoms with Gasteiger partial charge in [0.05, 0.1) is 10.8 Å². The van der Waals surface area contributed by atoms with Crippen LogP contribution in [0.5, 0.6) is 0 Å². The molecule has 0 unspecified atom stereocenters. The summed E-state index contributed by atoms with van der Waals surface area (Å²) < 4.78 is 148. The zero-order valence-corrected chi connectivity index (χ0v) is 11.6. The van der Waals surface area contributed by atoms with E-state index in [0.717, 1.165) is 0 Å². The average molecular weight is 456 g/mol. The van der Waals surface area contributed by atoms with Crippen LogP contribution >= 0.6 is 22.6 Å². The average Bonchev–Trinajstić information content (AvgIpc) is 2.26. The summed E-state index contributed by atoms with van der Waals surface area (Å²) in [5.74, 6) is -31.1. The van der Waals surface area contributed by atoms with Crippen molar-refractivity contribution in [2.45, 2.75) is 42.5 Å². The van der Waals surface area contributed by atoms with Gasteiger partial charge in [0.15, 0.2) is 0 Å². The molecule has 0 atom stereocenters. The van der Waals surface area contributed by atoms with Crippen molar-refractivity contribution >= 4 is 22.6 Å². The largest absolute Gasteiger partial charge is 0.378 e. The van der Waals surface area contributed by atoms with E-state index in [1.54, 1.807) is 0 Å². The predicted molar refractivity (Wildman–Crippen MR) is 54.2 cm³/mol. The van der Waals surface area contributed by atoms with E-state index in [4.69, 9.17) is 0 Å². The molecule has 13 heteroatoms. The minimum absolute atomic E-state index is 0.624. The first-order chi connectivity index (χ1) is 8.96. The Labute approximate surface area is 123 Å². The van der Waals surface area contributed by atoms with Crippen molar-refractivity contribution in [1.82, 2.24) is 0 Å². The standard InChI is InChI=1S/C8H5F12I/c9-3(10)7(17,18)8(19,20)5(13,14)1-4(11,12)6(15,16)2-21/h3H,1-2H2. The fourth-order valence-corrected chi connectivity index (χ4v) is 1.56. The van der Waals surface area contributed by atoms with Gasteiger partial charge in [-0.2, -0.15) is 43.9 Å². The van der Waals surface area contributed by atoms with Crippen LogP contribution in [-0.2, 0) is 0 Å². The maximum Gasteiger partial charge on any atom is 0.378 e. The summed E-state index contributed by atoms with van der Waals surface area (Å²) in [4.78, 5) is 0. The molecule has 0 aromatic carbocycles. The minimum Gasteiger partial charge on any atom is -0.203 e. The molecule has 128 valence electrons. The molecule has 0 bridgehead atoms. The molecule has 0 radical (unpaired) electrons. The normalized spacial score (nSPS) is 15.7. The SMILES string of the molecule is FC(F)C(F)(F)C(F)(F)C(F)(F)CC(F)(F)C(F)(F)CI. The smallest absolute Gasteiger partial charge is 0.203 e. The van der Waals surface area contributed by atoms with Gasteiger partial charge in [0.25, 0.3) is 0 Å². The molecular weight excluding hydrogens is 451 g/mol. The number of alkyl halides is 13. The van der Waals surface area contributed by atoms with Gasteiger partial charge in [-0.1, -0.05) is 22.6 Å². The number of halogens is 13. The molecule has 0 spiro atoms. The van der Waals surface area contributed by atoms with Crippen LogP contribution in [0.15, 0.2) is 0 Å². The van der Waals surface area contributed by atoms with Gasteiger partial charge in [-0.25, -0.2) is 8.78 Å². The Bertz CT molecular complexity index is 362. The highest BCUT2D eigenvalue weighted by Gasteiger charge is 2.78. The molecule has 0 aliphatic carbocycles. The fourth-order valence-electron chi connectivity index (χ4n) is 0.998. The summed E-state index contributed by atoms with van der Waals surface area (Å²) in [6, 6.07) is 0. The Kier molecular flexibility index (Phi) is 5.80. The van der Waals surface area contributed by atoms with E-state index in [2.05, 4.69) is 0 Å². The number of hydrogen-bond acceptors (Lipinski definition) is 0. The lowest BCUT2D eigenvalue weighted by Crippen LogP contribution is -2.60. The Morgan fingerprint density at radius 1 is 0.667 bits per heavy atom. The van der Waals surface area contributed by atoms with Crippen LogP contribution in [0.3, 0.4) is 0 Å². The van der Waals surface area contributed by atoms with E-state index >= 15 is 0 Å². The quantitative estimate of drug-likeness (QED) is 0.279. The number of hydrogen-bond donors (Lipinski definition) is 0. The van der Waals surface area contributed by atoms with Crippen LogP contribution in [0.25, 0.3) is 0 Å². The second-order valence-electron chi connectivity index (χ2n) is 3.92. The Balaban J connectivity index is 5.60. The summed E-state index contributed by atoms with van der Waals surface area (Å²) in [6.45, 7) is 0. The van der Waals surface area contributed by atoms with Gasteiger partial charge in [0.1, 0.15) is 0 Å². The highest BCUT2D eigenvalue weighted by atomic mass is 127. The Morgan fingerprint density at radius 2 is 1.05 bits per heavy atom. The zero-order chi connectivity index (χ0) is 17.5. The lowest BCUT2D eigenvalue weighted by molar-refractivity contribution is -0.355. The van der Waals surface area contributed by atoms with Crippen LogP contribution in [-0.4, -0.2) is 40.5 Å². The molecule has 21 heavy (non-hydrogen) atoms. The van der Waals surface area contributed by atoms with Crippen LogP contribution < -0.4 is 0 Å². The molecule has 0 aliphatic heterocycles. The van der Waals surface area contributed by atoms with E-state index in [-0.39, 0.29) is 0 Å². The maximum atomic E-state index is 12.8.